The lowest BCUT2D eigenvalue weighted by Crippen LogP contribution is -2.32. The number of benzene rings is 2. The molecule has 0 aliphatic carbocycles. The number of ether oxygens (including phenoxy) is 2. The molecule has 0 aliphatic heterocycles. The molecule has 0 bridgehead atoms. The van der Waals surface area contributed by atoms with Gasteiger partial charge in [-0.15, -0.1) is 0 Å². The van der Waals surface area contributed by atoms with Gasteiger partial charge in [-0.1, -0.05) is 24.3 Å². The Labute approximate surface area is 136 Å². The summed E-state index contributed by atoms with van der Waals surface area (Å²) in [6, 6.07) is 15.1. The number of anilines is 1. The molecule has 2 amide bonds. The minimum Gasteiger partial charge on any atom is -0.493 e. The molecular formula is C18H22N2O3. The number of likely N-dealkylation sites (N-methyl/N-ethyl adjacent to an activating group) is 1. The van der Waals surface area contributed by atoms with Gasteiger partial charge in [-0.05, 0) is 36.2 Å². The number of nitrogens with zero attached hydrogens (tertiary/aromatic N) is 1. The highest BCUT2D eigenvalue weighted by atomic mass is 16.5. The van der Waals surface area contributed by atoms with Crippen molar-refractivity contribution in [3.8, 4) is 11.5 Å². The average Bonchev–Trinajstić information content (AvgIpc) is 2.60. The Morgan fingerprint density at radius 1 is 1.04 bits per heavy atom. The van der Waals surface area contributed by atoms with Crippen molar-refractivity contribution in [1.29, 1.82) is 0 Å². The van der Waals surface area contributed by atoms with Crippen LogP contribution in [0.15, 0.2) is 48.5 Å². The number of carbonyl (C=O) groups excluding carboxylic acids is 1. The maximum atomic E-state index is 12.1. The summed E-state index contributed by atoms with van der Waals surface area (Å²) in [4.78, 5) is 13.8. The van der Waals surface area contributed by atoms with Crippen LogP contribution >= 0.6 is 0 Å². The molecule has 2 rings (SSSR count). The van der Waals surface area contributed by atoms with E-state index in [0.717, 1.165) is 17.7 Å². The summed E-state index contributed by atoms with van der Waals surface area (Å²) in [5.41, 5.74) is 1.87. The Kier molecular flexibility index (Phi) is 5.86. The molecule has 0 heterocycles. The van der Waals surface area contributed by atoms with Crippen LogP contribution in [0.25, 0.3) is 0 Å². The lowest BCUT2D eigenvalue weighted by Gasteiger charge is -2.18. The van der Waals surface area contributed by atoms with E-state index in [2.05, 4.69) is 5.32 Å². The lowest BCUT2D eigenvalue weighted by atomic mass is 10.1. The third-order valence-electron chi connectivity index (χ3n) is 3.56. The number of methoxy groups -OCH3 is 2. The molecule has 0 unspecified atom stereocenters. The first kappa shape index (κ1) is 16.7. The number of rotatable bonds is 6. The van der Waals surface area contributed by atoms with Gasteiger partial charge in [0.15, 0.2) is 11.5 Å². The Hall–Kier alpha value is -2.69. The van der Waals surface area contributed by atoms with E-state index < -0.39 is 0 Å². The summed E-state index contributed by atoms with van der Waals surface area (Å²) in [5, 5.41) is 2.86. The van der Waals surface area contributed by atoms with E-state index in [1.165, 1.54) is 0 Å². The van der Waals surface area contributed by atoms with E-state index in [1.807, 2.05) is 48.5 Å². The van der Waals surface area contributed by atoms with Gasteiger partial charge in [0.05, 0.1) is 14.2 Å². The number of carbonyl (C=O) groups is 1. The highest BCUT2D eigenvalue weighted by Gasteiger charge is 2.10. The Morgan fingerprint density at radius 2 is 1.74 bits per heavy atom. The predicted octanol–water partition coefficient (Wildman–Crippen LogP) is 3.41. The molecule has 0 atom stereocenters. The van der Waals surface area contributed by atoms with Crippen LogP contribution in [0.3, 0.4) is 0 Å². The first-order chi connectivity index (χ1) is 11.1. The van der Waals surface area contributed by atoms with E-state index >= 15 is 0 Å². The zero-order chi connectivity index (χ0) is 16.7. The maximum absolute atomic E-state index is 12.1. The summed E-state index contributed by atoms with van der Waals surface area (Å²) >= 11 is 0. The van der Waals surface area contributed by atoms with Crippen LogP contribution in [0.1, 0.15) is 5.56 Å². The second kappa shape index (κ2) is 8.08. The Bertz CT molecular complexity index is 644. The SMILES string of the molecule is COc1ccc(CCN(C)C(=O)Nc2ccccc2)cc1OC. The molecule has 122 valence electrons. The standard InChI is InChI=1S/C18H22N2O3/c1-20(18(21)19-15-7-5-4-6-8-15)12-11-14-9-10-16(22-2)17(13-14)23-3/h4-10,13H,11-12H2,1-3H3,(H,19,21). The second-order valence-electron chi connectivity index (χ2n) is 5.16. The lowest BCUT2D eigenvalue weighted by molar-refractivity contribution is 0.223. The molecule has 0 saturated heterocycles. The van der Waals surface area contributed by atoms with Crippen molar-refractivity contribution in [3.05, 3.63) is 54.1 Å². The van der Waals surface area contributed by atoms with E-state index in [0.29, 0.717) is 18.0 Å². The minimum absolute atomic E-state index is 0.128. The van der Waals surface area contributed by atoms with Gasteiger partial charge in [0.25, 0.3) is 0 Å². The zero-order valence-electron chi connectivity index (χ0n) is 13.7. The largest absolute Gasteiger partial charge is 0.493 e. The van der Waals surface area contributed by atoms with Gasteiger partial charge in [-0.2, -0.15) is 0 Å². The molecule has 5 heteroatoms. The Balaban J connectivity index is 1.91. The molecule has 0 aliphatic rings. The van der Waals surface area contributed by atoms with Crippen LogP contribution in [0.4, 0.5) is 10.5 Å². The third kappa shape index (κ3) is 4.64. The third-order valence-corrected chi connectivity index (χ3v) is 3.56. The van der Waals surface area contributed by atoms with Gasteiger partial charge < -0.3 is 19.7 Å². The van der Waals surface area contributed by atoms with Crippen molar-refractivity contribution >= 4 is 11.7 Å². The topological polar surface area (TPSA) is 50.8 Å². The maximum Gasteiger partial charge on any atom is 0.321 e. The molecule has 2 aromatic rings. The summed E-state index contributed by atoms with van der Waals surface area (Å²) in [7, 11) is 5.00. The van der Waals surface area contributed by atoms with E-state index in [-0.39, 0.29) is 6.03 Å². The van der Waals surface area contributed by atoms with Crippen molar-refractivity contribution in [3.63, 3.8) is 0 Å². The van der Waals surface area contributed by atoms with Gasteiger partial charge in [-0.25, -0.2) is 4.79 Å². The fraction of sp³-hybridized carbons (Fsp3) is 0.278. The smallest absolute Gasteiger partial charge is 0.321 e. The van der Waals surface area contributed by atoms with Crippen molar-refractivity contribution in [2.45, 2.75) is 6.42 Å². The fourth-order valence-corrected chi connectivity index (χ4v) is 2.17. The van der Waals surface area contributed by atoms with E-state index in [4.69, 9.17) is 9.47 Å². The first-order valence-corrected chi connectivity index (χ1v) is 7.42. The van der Waals surface area contributed by atoms with Gasteiger partial charge >= 0.3 is 6.03 Å². The minimum atomic E-state index is -0.128. The quantitative estimate of drug-likeness (QED) is 0.889. The molecule has 23 heavy (non-hydrogen) atoms. The number of urea groups is 1. The summed E-state index contributed by atoms with van der Waals surface area (Å²) in [6.07, 6.45) is 0.735. The first-order valence-electron chi connectivity index (χ1n) is 7.42. The van der Waals surface area contributed by atoms with Crippen LogP contribution < -0.4 is 14.8 Å². The summed E-state index contributed by atoms with van der Waals surface area (Å²) in [6.45, 7) is 0.605. The predicted molar refractivity (Wildman–Crippen MR) is 91.3 cm³/mol. The van der Waals surface area contributed by atoms with Crippen molar-refractivity contribution < 1.29 is 14.3 Å². The van der Waals surface area contributed by atoms with Crippen LogP contribution in [-0.4, -0.2) is 38.7 Å². The van der Waals surface area contributed by atoms with Crippen LogP contribution in [0, 0.1) is 0 Å². The van der Waals surface area contributed by atoms with Crippen LogP contribution in [0.5, 0.6) is 11.5 Å². The molecule has 0 saturated carbocycles. The van der Waals surface area contributed by atoms with Gasteiger partial charge in [-0.3, -0.25) is 0 Å². The molecule has 0 aromatic heterocycles. The highest BCUT2D eigenvalue weighted by Crippen LogP contribution is 2.27. The number of nitrogens with one attached hydrogen (secondary N) is 1. The van der Waals surface area contributed by atoms with Crippen molar-refractivity contribution in [1.82, 2.24) is 4.90 Å². The van der Waals surface area contributed by atoms with Crippen LogP contribution in [0.2, 0.25) is 0 Å². The monoisotopic (exact) mass is 314 g/mol. The Morgan fingerprint density at radius 3 is 2.39 bits per heavy atom. The van der Waals surface area contributed by atoms with Gasteiger partial charge in [0.1, 0.15) is 0 Å². The second-order valence-corrected chi connectivity index (χ2v) is 5.16. The number of hydrogen-bond acceptors (Lipinski definition) is 3. The molecular weight excluding hydrogens is 292 g/mol. The normalized spacial score (nSPS) is 10.0. The number of para-hydroxylation sites is 1. The van der Waals surface area contributed by atoms with E-state index in [1.54, 1.807) is 26.2 Å². The van der Waals surface area contributed by atoms with Crippen molar-refractivity contribution in [2.75, 3.05) is 33.1 Å². The zero-order valence-corrected chi connectivity index (χ0v) is 13.7. The van der Waals surface area contributed by atoms with Crippen LogP contribution in [-0.2, 0) is 6.42 Å². The molecule has 0 radical (unpaired) electrons. The summed E-state index contributed by atoms with van der Waals surface area (Å²) in [5.74, 6) is 1.40. The molecule has 2 aromatic carbocycles. The highest BCUT2D eigenvalue weighted by molar-refractivity contribution is 5.89. The van der Waals surface area contributed by atoms with E-state index in [9.17, 15) is 4.79 Å². The molecule has 5 nitrogen and oxygen atoms in total. The van der Waals surface area contributed by atoms with Crippen molar-refractivity contribution in [2.24, 2.45) is 0 Å². The molecule has 0 spiro atoms. The molecule has 1 N–H and O–H groups in total. The number of hydrogen-bond donors (Lipinski definition) is 1. The van der Waals surface area contributed by atoms with Gasteiger partial charge in [0.2, 0.25) is 0 Å². The summed E-state index contributed by atoms with van der Waals surface area (Å²) < 4.78 is 10.5. The average molecular weight is 314 g/mol. The van der Waals surface area contributed by atoms with Gasteiger partial charge in [0, 0.05) is 19.3 Å². The molecule has 0 fully saturated rings. The fourth-order valence-electron chi connectivity index (χ4n) is 2.17. The number of amides is 2.